The number of aromatic nitrogens is 5. The molecule has 180 valence electrons. The molecule has 0 amide bonds. The predicted molar refractivity (Wildman–Crippen MR) is 142 cm³/mol. The molecule has 1 saturated heterocycles. The number of amidine groups is 1. The second-order valence-electron chi connectivity index (χ2n) is 8.33. The van der Waals surface area contributed by atoms with Crippen LogP contribution in [0.15, 0.2) is 60.0 Å². The molecule has 0 bridgehead atoms. The van der Waals surface area contributed by atoms with Crippen molar-refractivity contribution in [2.45, 2.75) is 0 Å². The smallest absolute Gasteiger partial charge is 0.148 e. The van der Waals surface area contributed by atoms with Crippen LogP contribution in [0.1, 0.15) is 5.56 Å². The van der Waals surface area contributed by atoms with Gasteiger partial charge in [0.15, 0.2) is 0 Å². The second kappa shape index (κ2) is 9.06. The Kier molecular flexibility index (Phi) is 5.59. The third kappa shape index (κ3) is 3.67. The van der Waals surface area contributed by atoms with Crippen LogP contribution in [0.25, 0.3) is 39.0 Å². The maximum atomic E-state index is 7.47. The van der Waals surface area contributed by atoms with E-state index in [2.05, 4.69) is 35.7 Å². The number of H-pyrrole nitrogens is 1. The van der Waals surface area contributed by atoms with Crippen LogP contribution in [-0.2, 0) is 4.74 Å². The summed E-state index contributed by atoms with van der Waals surface area (Å²) in [6, 6.07) is 11.8. The zero-order valence-corrected chi connectivity index (χ0v) is 19.9. The van der Waals surface area contributed by atoms with Crippen molar-refractivity contribution in [2.24, 2.45) is 10.7 Å². The Bertz CT molecular complexity index is 1620. The van der Waals surface area contributed by atoms with E-state index in [0.717, 1.165) is 47.3 Å². The quantitative estimate of drug-likeness (QED) is 0.249. The van der Waals surface area contributed by atoms with Crippen LogP contribution in [-0.4, -0.2) is 63.2 Å². The number of morpholine rings is 1. The summed E-state index contributed by atoms with van der Waals surface area (Å²) in [7, 11) is 0. The first kappa shape index (κ1) is 22.2. The van der Waals surface area contributed by atoms with E-state index < -0.39 is 0 Å². The van der Waals surface area contributed by atoms with Gasteiger partial charge in [-0.05, 0) is 24.3 Å². The molecule has 0 unspecified atom stereocenters. The summed E-state index contributed by atoms with van der Waals surface area (Å²) < 4.78 is 7.64. The highest BCUT2D eigenvalue weighted by Gasteiger charge is 2.23. The molecule has 36 heavy (non-hydrogen) atoms. The lowest BCUT2D eigenvalue weighted by Crippen LogP contribution is -2.36. The van der Waals surface area contributed by atoms with Crippen LogP contribution in [0.5, 0.6) is 0 Å². The van der Waals surface area contributed by atoms with Crippen LogP contribution < -0.4 is 10.6 Å². The molecule has 4 N–H and O–H groups in total. The van der Waals surface area contributed by atoms with Crippen LogP contribution >= 0.6 is 11.6 Å². The van der Waals surface area contributed by atoms with Gasteiger partial charge in [0.1, 0.15) is 23.5 Å². The lowest BCUT2D eigenvalue weighted by molar-refractivity contribution is 0.122. The number of pyridine rings is 1. The van der Waals surface area contributed by atoms with E-state index in [1.54, 1.807) is 18.6 Å². The number of imidazole rings is 1. The molecule has 3 aromatic heterocycles. The molecule has 0 atom stereocenters. The minimum Gasteiger partial charge on any atom is -0.383 e. The SMILES string of the molecule is N=CN=C(N)c1cc(N2CCOCC2)cc2c1nc(-c1cn[nH]c1)n2-c1ccnc2c(Cl)cccc12. The number of nitrogens with zero attached hydrogens (tertiary/aromatic N) is 6. The molecule has 10 nitrogen and oxygen atoms in total. The first-order valence-corrected chi connectivity index (χ1v) is 11.8. The van der Waals surface area contributed by atoms with E-state index >= 15 is 0 Å². The zero-order valence-electron chi connectivity index (χ0n) is 19.1. The van der Waals surface area contributed by atoms with Gasteiger partial charge in [0, 0.05) is 42.1 Å². The second-order valence-corrected chi connectivity index (χ2v) is 8.74. The van der Waals surface area contributed by atoms with Crippen LogP contribution in [0.4, 0.5) is 5.69 Å². The van der Waals surface area contributed by atoms with Gasteiger partial charge in [-0.2, -0.15) is 5.10 Å². The number of rotatable bonds is 5. The van der Waals surface area contributed by atoms with Crippen molar-refractivity contribution < 1.29 is 4.74 Å². The van der Waals surface area contributed by atoms with Gasteiger partial charge in [-0.1, -0.05) is 23.7 Å². The molecule has 6 rings (SSSR count). The van der Waals surface area contributed by atoms with Gasteiger partial charge in [0.2, 0.25) is 0 Å². The summed E-state index contributed by atoms with van der Waals surface area (Å²) >= 11 is 6.50. The van der Waals surface area contributed by atoms with Gasteiger partial charge >= 0.3 is 0 Å². The number of hydrogen-bond donors (Lipinski definition) is 3. The number of nitrogens with two attached hydrogens (primary N) is 1. The minimum absolute atomic E-state index is 0.219. The van der Waals surface area contributed by atoms with Crippen molar-refractivity contribution in [2.75, 3.05) is 31.2 Å². The molecule has 0 saturated carbocycles. The number of hydrogen-bond acceptors (Lipinski definition) is 6. The Morgan fingerprint density at radius 3 is 2.83 bits per heavy atom. The van der Waals surface area contributed by atoms with Gasteiger partial charge in [0.05, 0.1) is 46.7 Å². The number of anilines is 1. The maximum Gasteiger partial charge on any atom is 0.148 e. The minimum atomic E-state index is 0.219. The van der Waals surface area contributed by atoms with Gasteiger partial charge in [-0.15, -0.1) is 0 Å². The Balaban J connectivity index is 1.73. The first-order valence-electron chi connectivity index (χ1n) is 11.4. The Morgan fingerprint density at radius 1 is 1.19 bits per heavy atom. The Hall–Kier alpha value is -4.28. The molecule has 0 aliphatic carbocycles. The third-order valence-electron chi connectivity index (χ3n) is 6.30. The largest absolute Gasteiger partial charge is 0.383 e. The Labute approximate surface area is 210 Å². The van der Waals surface area contributed by atoms with Gasteiger partial charge < -0.3 is 15.4 Å². The molecular formula is C25H22ClN9O. The summed E-state index contributed by atoms with van der Waals surface area (Å²) in [5.74, 6) is 0.894. The highest BCUT2D eigenvalue weighted by molar-refractivity contribution is 6.35. The fourth-order valence-corrected chi connectivity index (χ4v) is 4.86. The standard InChI is InChI=1S/C25H22ClN9O/c26-19-3-1-2-17-20(4-5-29-22(17)19)35-21-11-16(34-6-8-36-9-7-34)10-18(24(28)30-14-27)23(21)33-25(35)15-12-31-32-13-15/h1-5,10-14H,6-9H2,(H,31,32)(H3,27,28,30). The molecular weight excluding hydrogens is 478 g/mol. The van der Waals surface area contributed by atoms with Crippen LogP contribution in [0, 0.1) is 5.41 Å². The maximum absolute atomic E-state index is 7.47. The van der Waals surface area contributed by atoms with E-state index in [9.17, 15) is 0 Å². The van der Waals surface area contributed by atoms with Crippen molar-refractivity contribution in [3.63, 3.8) is 0 Å². The first-order chi connectivity index (χ1) is 17.7. The summed E-state index contributed by atoms with van der Waals surface area (Å²) in [4.78, 5) is 15.9. The number of aliphatic imine (C=N–C) groups is 1. The number of ether oxygens (including phenoxy) is 1. The van der Waals surface area contributed by atoms with E-state index in [0.29, 0.717) is 40.7 Å². The van der Waals surface area contributed by atoms with Gasteiger partial charge in [0.25, 0.3) is 0 Å². The number of benzene rings is 2. The zero-order chi connectivity index (χ0) is 24.6. The summed E-state index contributed by atoms with van der Waals surface area (Å²) in [6.07, 6.45) is 6.21. The molecule has 1 fully saturated rings. The normalized spacial score (nSPS) is 14.6. The van der Waals surface area contributed by atoms with Crippen LogP contribution in [0.2, 0.25) is 5.02 Å². The molecule has 4 heterocycles. The fraction of sp³-hybridized carbons (Fsp3) is 0.160. The van der Waals surface area contributed by atoms with E-state index in [1.807, 2.05) is 30.3 Å². The van der Waals surface area contributed by atoms with Crippen molar-refractivity contribution in [3.8, 4) is 17.1 Å². The Morgan fingerprint density at radius 2 is 2.06 bits per heavy atom. The van der Waals surface area contributed by atoms with Crippen LogP contribution in [0.3, 0.4) is 0 Å². The predicted octanol–water partition coefficient (Wildman–Crippen LogP) is 3.77. The van der Waals surface area contributed by atoms with Crippen molar-refractivity contribution >= 4 is 51.4 Å². The molecule has 5 aromatic rings. The lowest BCUT2D eigenvalue weighted by Gasteiger charge is -2.29. The average Bonchev–Trinajstić information content (AvgIpc) is 3.57. The van der Waals surface area contributed by atoms with Gasteiger partial charge in [-0.25, -0.2) is 9.98 Å². The summed E-state index contributed by atoms with van der Waals surface area (Å²) in [5, 5.41) is 15.9. The molecule has 1 aliphatic heterocycles. The summed E-state index contributed by atoms with van der Waals surface area (Å²) in [6.45, 7) is 2.79. The van der Waals surface area contributed by atoms with Crippen molar-refractivity contribution in [3.05, 3.63) is 65.6 Å². The fourth-order valence-electron chi connectivity index (χ4n) is 4.63. The lowest BCUT2D eigenvalue weighted by atomic mass is 10.1. The van der Waals surface area contributed by atoms with Gasteiger partial charge in [-0.3, -0.25) is 20.1 Å². The number of fused-ring (bicyclic) bond motifs is 2. The highest BCUT2D eigenvalue weighted by atomic mass is 35.5. The summed E-state index contributed by atoms with van der Waals surface area (Å²) in [5.41, 5.74) is 11.9. The number of aromatic amines is 1. The van der Waals surface area contributed by atoms with E-state index in [-0.39, 0.29) is 5.84 Å². The highest BCUT2D eigenvalue weighted by Crippen LogP contribution is 2.36. The van der Waals surface area contributed by atoms with E-state index in [1.165, 1.54) is 0 Å². The number of halogens is 1. The topological polar surface area (TPSA) is 134 Å². The molecule has 0 spiro atoms. The number of nitrogens with one attached hydrogen (secondary N) is 2. The molecule has 0 radical (unpaired) electrons. The average molecular weight is 500 g/mol. The third-order valence-corrected chi connectivity index (χ3v) is 6.60. The van der Waals surface area contributed by atoms with E-state index in [4.69, 9.17) is 32.5 Å². The van der Waals surface area contributed by atoms with Crippen molar-refractivity contribution in [1.82, 2.24) is 24.7 Å². The monoisotopic (exact) mass is 499 g/mol. The van der Waals surface area contributed by atoms with Crippen molar-refractivity contribution in [1.29, 1.82) is 5.41 Å². The number of para-hydroxylation sites is 1. The molecule has 1 aliphatic rings. The molecule has 2 aromatic carbocycles. The molecule has 11 heteroatoms.